The number of anilines is 2. The molecule has 0 aliphatic rings. The van der Waals surface area contributed by atoms with Gasteiger partial charge in [-0.05, 0) is 48.4 Å². The van der Waals surface area contributed by atoms with Crippen LogP contribution in [0.4, 0.5) is 11.5 Å². The molecule has 36 heavy (non-hydrogen) atoms. The Morgan fingerprint density at radius 2 is 1.81 bits per heavy atom. The second-order valence-corrected chi connectivity index (χ2v) is 10.3. The highest BCUT2D eigenvalue weighted by molar-refractivity contribution is 7.81. The first-order valence-corrected chi connectivity index (χ1v) is 13.4. The van der Waals surface area contributed by atoms with Crippen molar-refractivity contribution in [1.82, 2.24) is 14.1 Å². The highest BCUT2D eigenvalue weighted by Crippen LogP contribution is 2.35. The van der Waals surface area contributed by atoms with Crippen LogP contribution in [0.1, 0.15) is 40.1 Å². The van der Waals surface area contributed by atoms with E-state index in [2.05, 4.69) is 14.1 Å². The molecular weight excluding hydrogens is 563 g/mol. The SMILES string of the molecule is CC(NC(=O)c1ccc(Cl)cc1N(c1nsnc1Cc1ccccc1)S(=O)[O-])c1ccc(Cl)c(Cl)c1. The van der Waals surface area contributed by atoms with Crippen molar-refractivity contribution in [3.05, 3.63) is 104 Å². The number of carbonyl (C=O) groups is 1. The zero-order chi connectivity index (χ0) is 25.8. The van der Waals surface area contributed by atoms with E-state index < -0.39 is 23.2 Å². The van der Waals surface area contributed by atoms with E-state index in [-0.39, 0.29) is 22.1 Å². The van der Waals surface area contributed by atoms with Gasteiger partial charge in [-0.1, -0.05) is 71.2 Å². The van der Waals surface area contributed by atoms with Gasteiger partial charge in [-0.3, -0.25) is 13.3 Å². The highest BCUT2D eigenvalue weighted by Gasteiger charge is 2.25. The van der Waals surface area contributed by atoms with Gasteiger partial charge in [-0.2, -0.15) is 8.75 Å². The summed E-state index contributed by atoms with van der Waals surface area (Å²) in [4.78, 5) is 13.3. The van der Waals surface area contributed by atoms with Crippen molar-refractivity contribution in [1.29, 1.82) is 0 Å². The van der Waals surface area contributed by atoms with Gasteiger partial charge in [0, 0.05) is 11.4 Å². The molecule has 0 aliphatic carbocycles. The maximum absolute atomic E-state index is 13.3. The van der Waals surface area contributed by atoms with Gasteiger partial charge in [0.25, 0.3) is 5.91 Å². The van der Waals surface area contributed by atoms with Crippen LogP contribution in [0.15, 0.2) is 66.7 Å². The Labute approximate surface area is 229 Å². The van der Waals surface area contributed by atoms with Crippen LogP contribution < -0.4 is 9.62 Å². The fourth-order valence-corrected chi connectivity index (χ4v) is 5.20. The molecule has 0 saturated carbocycles. The smallest absolute Gasteiger partial charge is 0.253 e. The van der Waals surface area contributed by atoms with Crippen LogP contribution in [0.2, 0.25) is 15.1 Å². The summed E-state index contributed by atoms with van der Waals surface area (Å²) in [6, 6.07) is 18.4. The van der Waals surface area contributed by atoms with Crippen molar-refractivity contribution in [2.75, 3.05) is 4.31 Å². The topological polar surface area (TPSA) is 98.2 Å². The van der Waals surface area contributed by atoms with Gasteiger partial charge in [0.15, 0.2) is 5.82 Å². The number of nitrogens with zero attached hydrogens (tertiary/aromatic N) is 3. The van der Waals surface area contributed by atoms with E-state index in [4.69, 9.17) is 34.8 Å². The lowest BCUT2D eigenvalue weighted by atomic mass is 10.1. The third kappa shape index (κ3) is 6.05. The van der Waals surface area contributed by atoms with E-state index in [1.807, 2.05) is 30.3 Å². The van der Waals surface area contributed by atoms with Crippen LogP contribution in [0.5, 0.6) is 0 Å². The minimum Gasteiger partial charge on any atom is -0.755 e. The van der Waals surface area contributed by atoms with Crippen molar-refractivity contribution in [2.45, 2.75) is 19.4 Å². The standard InChI is InChI=1S/C24H19Cl3N4O3S2/c1-14(16-7-10-19(26)20(27)12-16)28-24(32)18-9-8-17(25)13-22(18)31(36(33)34)23-21(29-35-30-23)11-15-5-3-2-4-6-15/h2-10,12-14H,11H2,1H3,(H,28,32)(H,33,34)/p-1. The maximum Gasteiger partial charge on any atom is 0.253 e. The number of rotatable bonds is 8. The summed E-state index contributed by atoms with van der Waals surface area (Å²) in [6.45, 7) is 1.78. The Kier molecular flexibility index (Phi) is 8.61. The Morgan fingerprint density at radius 1 is 1.06 bits per heavy atom. The van der Waals surface area contributed by atoms with Crippen molar-refractivity contribution in [3.8, 4) is 0 Å². The number of hydrogen-bond acceptors (Lipinski definition) is 6. The molecule has 0 radical (unpaired) electrons. The number of nitrogens with one attached hydrogen (secondary N) is 1. The lowest BCUT2D eigenvalue weighted by Gasteiger charge is -2.27. The molecule has 0 saturated heterocycles. The molecule has 3 aromatic carbocycles. The molecule has 2 atom stereocenters. The van der Waals surface area contributed by atoms with Crippen molar-refractivity contribution in [2.24, 2.45) is 0 Å². The van der Waals surface area contributed by atoms with Crippen LogP contribution in [0, 0.1) is 0 Å². The number of carbonyl (C=O) groups excluding carboxylic acids is 1. The highest BCUT2D eigenvalue weighted by atomic mass is 35.5. The van der Waals surface area contributed by atoms with E-state index in [1.165, 1.54) is 18.2 Å². The molecule has 0 fully saturated rings. The van der Waals surface area contributed by atoms with Crippen LogP contribution >= 0.6 is 46.5 Å². The van der Waals surface area contributed by atoms with Gasteiger partial charge in [-0.25, -0.2) is 0 Å². The molecule has 1 heterocycles. The van der Waals surface area contributed by atoms with Crippen LogP contribution in [0.25, 0.3) is 0 Å². The van der Waals surface area contributed by atoms with Crippen molar-refractivity contribution < 1.29 is 13.6 Å². The molecule has 186 valence electrons. The first-order chi connectivity index (χ1) is 17.2. The van der Waals surface area contributed by atoms with Gasteiger partial charge in [0.2, 0.25) is 0 Å². The Bertz CT molecular complexity index is 1420. The maximum atomic E-state index is 13.3. The molecule has 4 rings (SSSR count). The first-order valence-electron chi connectivity index (χ1n) is 10.5. The molecule has 0 spiro atoms. The third-order valence-electron chi connectivity index (χ3n) is 5.31. The predicted octanol–water partition coefficient (Wildman–Crippen LogP) is 6.51. The molecule has 2 unspecified atom stereocenters. The van der Waals surface area contributed by atoms with Crippen LogP contribution in [-0.4, -0.2) is 23.4 Å². The summed E-state index contributed by atoms with van der Waals surface area (Å²) < 4.78 is 34.4. The molecule has 7 nitrogen and oxygen atoms in total. The zero-order valence-corrected chi connectivity index (χ0v) is 22.6. The average molecular weight is 581 g/mol. The second-order valence-electron chi connectivity index (χ2n) is 7.74. The summed E-state index contributed by atoms with van der Waals surface area (Å²) >= 11 is 16.4. The Morgan fingerprint density at radius 3 is 2.50 bits per heavy atom. The summed E-state index contributed by atoms with van der Waals surface area (Å²) in [6.07, 6.45) is 0.358. The van der Waals surface area contributed by atoms with E-state index in [9.17, 15) is 13.6 Å². The third-order valence-corrected chi connectivity index (χ3v) is 7.51. The fourth-order valence-electron chi connectivity index (χ4n) is 3.53. The van der Waals surface area contributed by atoms with Gasteiger partial charge >= 0.3 is 0 Å². The lowest BCUT2D eigenvalue weighted by Crippen LogP contribution is -2.30. The van der Waals surface area contributed by atoms with Crippen molar-refractivity contribution in [3.63, 3.8) is 0 Å². The molecule has 0 aliphatic heterocycles. The first kappa shape index (κ1) is 26.5. The summed E-state index contributed by atoms with van der Waals surface area (Å²) in [5.41, 5.74) is 2.26. The van der Waals surface area contributed by atoms with Gasteiger partial charge in [0.1, 0.15) is 5.69 Å². The minimum atomic E-state index is -2.82. The number of hydrogen-bond donors (Lipinski definition) is 1. The summed E-state index contributed by atoms with van der Waals surface area (Å²) in [5, 5.41) is 3.88. The monoisotopic (exact) mass is 579 g/mol. The summed E-state index contributed by atoms with van der Waals surface area (Å²) in [5.74, 6) is -0.408. The molecule has 1 amide bonds. The van der Waals surface area contributed by atoms with E-state index >= 15 is 0 Å². The minimum absolute atomic E-state index is 0.0525. The van der Waals surface area contributed by atoms with E-state index in [0.717, 1.165) is 27.2 Å². The lowest BCUT2D eigenvalue weighted by molar-refractivity contribution is 0.0940. The fraction of sp³-hybridized carbons (Fsp3) is 0.125. The molecule has 4 aromatic rings. The molecule has 12 heteroatoms. The van der Waals surface area contributed by atoms with Crippen molar-refractivity contribution >= 4 is 75.2 Å². The largest absolute Gasteiger partial charge is 0.755 e. The second kappa shape index (κ2) is 11.7. The molecular formula is C24H18Cl3N4O3S2-. The van der Waals surface area contributed by atoms with Crippen LogP contribution in [0.3, 0.4) is 0 Å². The normalized spacial score (nSPS) is 12.7. The number of aromatic nitrogens is 2. The number of halogens is 3. The van der Waals surface area contributed by atoms with Crippen LogP contribution in [-0.2, 0) is 17.7 Å². The number of benzene rings is 3. The number of amides is 1. The molecule has 0 bridgehead atoms. The Balaban J connectivity index is 1.69. The Hall–Kier alpha value is -2.53. The molecule has 1 N–H and O–H groups in total. The van der Waals surface area contributed by atoms with Gasteiger partial charge in [-0.15, -0.1) is 0 Å². The quantitative estimate of drug-likeness (QED) is 0.240. The zero-order valence-electron chi connectivity index (χ0n) is 18.7. The van der Waals surface area contributed by atoms with E-state index in [1.54, 1.807) is 25.1 Å². The average Bonchev–Trinajstić information content (AvgIpc) is 3.28. The predicted molar refractivity (Wildman–Crippen MR) is 144 cm³/mol. The summed E-state index contributed by atoms with van der Waals surface area (Å²) in [7, 11) is 0. The molecule has 1 aromatic heterocycles. The van der Waals surface area contributed by atoms with Gasteiger partial charge in [0.05, 0.1) is 50.3 Å². The van der Waals surface area contributed by atoms with Gasteiger partial charge < -0.3 is 9.87 Å². The van der Waals surface area contributed by atoms with E-state index in [0.29, 0.717) is 22.2 Å².